The number of amidine groups is 1. The van der Waals surface area contributed by atoms with Gasteiger partial charge in [0.05, 0.1) is 30.6 Å². The normalized spacial score (nSPS) is 15.0. The van der Waals surface area contributed by atoms with Crippen molar-refractivity contribution in [1.82, 2.24) is 4.98 Å². The van der Waals surface area contributed by atoms with E-state index in [1.807, 2.05) is 24.3 Å². The number of aromatic nitrogens is 1. The number of ether oxygens (including phenoxy) is 1. The molecule has 2 aliphatic heterocycles. The average Bonchev–Trinajstić information content (AvgIpc) is 3.00. The van der Waals surface area contributed by atoms with Gasteiger partial charge in [-0.2, -0.15) is 0 Å². The number of carbonyl (C=O) groups excluding carboxylic acids is 1. The second-order valence-corrected chi connectivity index (χ2v) is 5.11. The van der Waals surface area contributed by atoms with E-state index in [-0.39, 0.29) is 0 Å². The molecule has 4 rings (SSSR count). The van der Waals surface area contributed by atoms with E-state index in [0.717, 1.165) is 35.9 Å². The number of methoxy groups -OCH3 is 1. The first kappa shape index (κ1) is 12.8. The molecule has 22 heavy (non-hydrogen) atoms. The van der Waals surface area contributed by atoms with Crippen LogP contribution in [-0.4, -0.2) is 37.0 Å². The van der Waals surface area contributed by atoms with E-state index in [9.17, 15) is 4.79 Å². The molecule has 1 aromatic heterocycles. The molecule has 0 spiro atoms. The summed E-state index contributed by atoms with van der Waals surface area (Å²) in [6.45, 7) is 1.50. The van der Waals surface area contributed by atoms with E-state index >= 15 is 0 Å². The average molecular weight is 294 g/mol. The summed E-state index contributed by atoms with van der Waals surface area (Å²) in [5, 5.41) is 3.33. The van der Waals surface area contributed by atoms with Crippen molar-refractivity contribution in [3.8, 4) is 0 Å². The second kappa shape index (κ2) is 4.84. The number of fused-ring (bicyclic) bond motifs is 5. The molecule has 0 saturated carbocycles. The number of esters is 1. The first-order valence-corrected chi connectivity index (χ1v) is 7.04. The Morgan fingerprint density at radius 2 is 2.23 bits per heavy atom. The van der Waals surface area contributed by atoms with Crippen molar-refractivity contribution in [2.75, 3.05) is 30.4 Å². The van der Waals surface area contributed by atoms with Crippen LogP contribution in [0.1, 0.15) is 15.9 Å². The lowest BCUT2D eigenvalue weighted by Gasteiger charge is -2.20. The van der Waals surface area contributed by atoms with Gasteiger partial charge < -0.3 is 15.0 Å². The summed E-state index contributed by atoms with van der Waals surface area (Å²) >= 11 is 0. The summed E-state index contributed by atoms with van der Waals surface area (Å²) in [5.41, 5.74) is 3.28. The molecule has 0 aliphatic carbocycles. The van der Waals surface area contributed by atoms with Crippen LogP contribution in [0.25, 0.3) is 0 Å². The molecule has 2 aromatic rings. The SMILES string of the molecule is COC(=O)c1cnc2c(c1)N1CCN=C1c1ccccc1N2. The van der Waals surface area contributed by atoms with Gasteiger partial charge in [-0.15, -0.1) is 0 Å². The lowest BCUT2D eigenvalue weighted by atomic mass is 10.1. The number of aliphatic imine (C=N–C) groups is 1. The van der Waals surface area contributed by atoms with Crippen molar-refractivity contribution >= 4 is 29.0 Å². The Morgan fingerprint density at radius 1 is 1.36 bits per heavy atom. The molecular weight excluding hydrogens is 280 g/mol. The fourth-order valence-electron chi connectivity index (χ4n) is 2.81. The molecule has 0 atom stereocenters. The molecule has 0 radical (unpaired) electrons. The number of carbonyl (C=O) groups is 1. The van der Waals surface area contributed by atoms with E-state index in [0.29, 0.717) is 11.4 Å². The third kappa shape index (κ3) is 1.84. The van der Waals surface area contributed by atoms with Crippen LogP contribution in [0.5, 0.6) is 0 Å². The summed E-state index contributed by atoms with van der Waals surface area (Å²) in [4.78, 5) is 22.9. The van der Waals surface area contributed by atoms with Gasteiger partial charge in [-0.1, -0.05) is 12.1 Å². The predicted molar refractivity (Wildman–Crippen MR) is 84.1 cm³/mol. The molecule has 2 aliphatic rings. The Kier molecular flexibility index (Phi) is 2.82. The van der Waals surface area contributed by atoms with Gasteiger partial charge in [0.15, 0.2) is 5.82 Å². The third-order valence-electron chi connectivity index (χ3n) is 3.84. The zero-order chi connectivity index (χ0) is 15.1. The summed E-state index contributed by atoms with van der Waals surface area (Å²) in [7, 11) is 1.37. The maximum atomic E-state index is 11.8. The topological polar surface area (TPSA) is 66.8 Å². The quantitative estimate of drug-likeness (QED) is 0.817. The number of benzene rings is 1. The molecule has 0 bridgehead atoms. The van der Waals surface area contributed by atoms with Crippen LogP contribution in [-0.2, 0) is 4.74 Å². The lowest BCUT2D eigenvalue weighted by molar-refractivity contribution is 0.0600. The van der Waals surface area contributed by atoms with E-state index in [1.165, 1.54) is 13.3 Å². The van der Waals surface area contributed by atoms with Crippen molar-refractivity contribution in [3.63, 3.8) is 0 Å². The molecular formula is C16H14N4O2. The zero-order valence-electron chi connectivity index (χ0n) is 12.0. The Hall–Kier alpha value is -2.89. The molecule has 1 aromatic carbocycles. The summed E-state index contributed by atoms with van der Waals surface area (Å²) < 4.78 is 4.78. The molecule has 6 heteroatoms. The number of para-hydroxylation sites is 1. The number of hydrogen-bond acceptors (Lipinski definition) is 6. The summed E-state index contributed by atoms with van der Waals surface area (Å²) in [6, 6.07) is 9.79. The highest BCUT2D eigenvalue weighted by Crippen LogP contribution is 2.36. The first-order valence-electron chi connectivity index (χ1n) is 7.04. The monoisotopic (exact) mass is 294 g/mol. The van der Waals surface area contributed by atoms with E-state index in [4.69, 9.17) is 4.74 Å². The van der Waals surface area contributed by atoms with Crippen molar-refractivity contribution < 1.29 is 9.53 Å². The molecule has 0 fully saturated rings. The van der Waals surface area contributed by atoms with E-state index in [2.05, 4.69) is 20.2 Å². The maximum absolute atomic E-state index is 11.8. The number of pyridine rings is 1. The van der Waals surface area contributed by atoms with Crippen molar-refractivity contribution in [1.29, 1.82) is 0 Å². The predicted octanol–water partition coefficient (Wildman–Crippen LogP) is 2.19. The van der Waals surface area contributed by atoms with Gasteiger partial charge in [-0.05, 0) is 18.2 Å². The highest BCUT2D eigenvalue weighted by molar-refractivity contribution is 6.17. The number of nitrogens with one attached hydrogen (secondary N) is 1. The highest BCUT2D eigenvalue weighted by Gasteiger charge is 2.29. The summed E-state index contributed by atoms with van der Waals surface area (Å²) in [5.74, 6) is 1.23. The van der Waals surface area contributed by atoms with Gasteiger partial charge in [-0.3, -0.25) is 4.99 Å². The van der Waals surface area contributed by atoms with Gasteiger partial charge in [0.2, 0.25) is 0 Å². The van der Waals surface area contributed by atoms with Crippen LogP contribution in [0, 0.1) is 0 Å². The van der Waals surface area contributed by atoms with E-state index < -0.39 is 5.97 Å². The molecule has 0 saturated heterocycles. The molecule has 0 unspecified atom stereocenters. The molecule has 3 heterocycles. The molecule has 110 valence electrons. The van der Waals surface area contributed by atoms with Gasteiger partial charge in [-0.25, -0.2) is 9.78 Å². The van der Waals surface area contributed by atoms with Crippen LogP contribution < -0.4 is 10.2 Å². The van der Waals surface area contributed by atoms with E-state index in [1.54, 1.807) is 6.07 Å². The van der Waals surface area contributed by atoms with Crippen LogP contribution in [0.2, 0.25) is 0 Å². The van der Waals surface area contributed by atoms with Crippen molar-refractivity contribution in [2.24, 2.45) is 4.99 Å². The van der Waals surface area contributed by atoms with Crippen LogP contribution >= 0.6 is 0 Å². The Balaban J connectivity index is 1.90. The minimum atomic E-state index is -0.394. The van der Waals surface area contributed by atoms with Gasteiger partial charge in [0.25, 0.3) is 0 Å². The minimum Gasteiger partial charge on any atom is -0.465 e. The van der Waals surface area contributed by atoms with Gasteiger partial charge >= 0.3 is 5.97 Å². The molecule has 1 N–H and O–H groups in total. The Bertz CT molecular complexity index is 800. The van der Waals surface area contributed by atoms with Crippen LogP contribution in [0.3, 0.4) is 0 Å². The summed E-state index contributed by atoms with van der Waals surface area (Å²) in [6.07, 6.45) is 1.53. The minimum absolute atomic E-state index is 0.394. The van der Waals surface area contributed by atoms with Gasteiger partial charge in [0.1, 0.15) is 5.84 Å². The lowest BCUT2D eigenvalue weighted by Crippen LogP contribution is -2.27. The first-order chi connectivity index (χ1) is 10.8. The number of rotatable bonds is 1. The smallest absolute Gasteiger partial charge is 0.339 e. The fraction of sp³-hybridized carbons (Fsp3) is 0.188. The Morgan fingerprint density at radius 3 is 3.09 bits per heavy atom. The van der Waals surface area contributed by atoms with Crippen LogP contribution in [0.4, 0.5) is 17.2 Å². The largest absolute Gasteiger partial charge is 0.465 e. The number of nitrogens with zero attached hydrogens (tertiary/aromatic N) is 3. The van der Waals surface area contributed by atoms with Crippen LogP contribution in [0.15, 0.2) is 41.5 Å². The van der Waals surface area contributed by atoms with Crippen molar-refractivity contribution in [2.45, 2.75) is 0 Å². The molecule has 0 amide bonds. The number of hydrogen-bond donors (Lipinski definition) is 1. The fourth-order valence-corrected chi connectivity index (χ4v) is 2.81. The van der Waals surface area contributed by atoms with Crippen molar-refractivity contribution in [3.05, 3.63) is 47.7 Å². The molecule has 6 nitrogen and oxygen atoms in total. The maximum Gasteiger partial charge on any atom is 0.339 e. The Labute approximate surface area is 127 Å². The zero-order valence-corrected chi connectivity index (χ0v) is 12.0. The standard InChI is InChI=1S/C16H14N4O2/c1-22-16(21)10-8-13-14(18-9-10)19-12-5-3-2-4-11(12)15-17-6-7-20(13)15/h2-5,8-9H,6-7H2,1H3,(H,18,19). The third-order valence-corrected chi connectivity index (χ3v) is 3.84. The second-order valence-electron chi connectivity index (χ2n) is 5.11. The van der Waals surface area contributed by atoms with Gasteiger partial charge in [0, 0.05) is 18.3 Å². The highest BCUT2D eigenvalue weighted by atomic mass is 16.5. The number of anilines is 3.